The Kier molecular flexibility index (Phi) is 5.07. The van der Waals surface area contributed by atoms with Gasteiger partial charge in [0.2, 0.25) is 0 Å². The maximum atomic E-state index is 14.2. The number of nitrogens with zero attached hydrogens (tertiary/aromatic N) is 4. The van der Waals surface area contributed by atoms with E-state index in [9.17, 15) is 9.18 Å². The number of aromatic nitrogens is 3. The molecule has 5 nitrogen and oxygen atoms in total. The first-order valence-corrected chi connectivity index (χ1v) is 8.54. The van der Waals surface area contributed by atoms with Crippen molar-refractivity contribution in [2.75, 3.05) is 13.1 Å². The van der Waals surface area contributed by atoms with Crippen LogP contribution in [0.15, 0.2) is 42.7 Å². The van der Waals surface area contributed by atoms with Gasteiger partial charge in [-0.2, -0.15) is 5.10 Å². The smallest absolute Gasteiger partial charge is 0.259 e. The van der Waals surface area contributed by atoms with Crippen LogP contribution in [0.1, 0.15) is 37.0 Å². The molecule has 0 spiro atoms. The van der Waals surface area contributed by atoms with Crippen molar-refractivity contribution in [3.63, 3.8) is 0 Å². The van der Waals surface area contributed by atoms with Crippen molar-refractivity contribution in [3.05, 3.63) is 54.1 Å². The van der Waals surface area contributed by atoms with Crippen LogP contribution in [0.4, 0.5) is 4.39 Å². The van der Waals surface area contributed by atoms with Crippen molar-refractivity contribution in [2.24, 2.45) is 0 Å². The summed E-state index contributed by atoms with van der Waals surface area (Å²) in [5.74, 6) is -0.422. The number of benzene rings is 1. The van der Waals surface area contributed by atoms with Gasteiger partial charge >= 0.3 is 0 Å². The molecule has 1 aromatic carbocycles. The minimum Gasteiger partial charge on any atom is -0.339 e. The van der Waals surface area contributed by atoms with E-state index in [4.69, 9.17) is 0 Å². The standard InChI is InChI=1S/C19H21FN4O/c1-3-11-23(12-4-2)19(25)15-13-22-24-17(9-10-21-18(15)24)14-7-5-6-8-16(14)20/h5-10,13H,3-4,11-12H2,1-2H3. The Hall–Kier alpha value is -2.76. The molecule has 0 atom stereocenters. The van der Waals surface area contributed by atoms with Crippen LogP contribution in [-0.2, 0) is 0 Å². The SMILES string of the molecule is CCCN(CCC)C(=O)c1cnn2c(-c3ccccc3F)ccnc12. The van der Waals surface area contributed by atoms with Gasteiger partial charge in [-0.05, 0) is 31.0 Å². The zero-order valence-electron chi connectivity index (χ0n) is 14.4. The van der Waals surface area contributed by atoms with Crippen LogP contribution in [0.25, 0.3) is 16.9 Å². The van der Waals surface area contributed by atoms with Crippen LogP contribution in [0.2, 0.25) is 0 Å². The molecular formula is C19H21FN4O. The van der Waals surface area contributed by atoms with E-state index in [1.54, 1.807) is 30.5 Å². The Morgan fingerprint density at radius 1 is 1.16 bits per heavy atom. The summed E-state index contributed by atoms with van der Waals surface area (Å²) in [4.78, 5) is 19.0. The van der Waals surface area contributed by atoms with Crippen LogP contribution in [0.5, 0.6) is 0 Å². The Labute approximate surface area is 146 Å². The van der Waals surface area contributed by atoms with Gasteiger partial charge in [0.15, 0.2) is 5.65 Å². The molecule has 25 heavy (non-hydrogen) atoms. The van der Waals surface area contributed by atoms with Gasteiger partial charge in [0.1, 0.15) is 11.4 Å². The topological polar surface area (TPSA) is 50.5 Å². The quantitative estimate of drug-likeness (QED) is 0.686. The van der Waals surface area contributed by atoms with E-state index in [2.05, 4.69) is 10.1 Å². The van der Waals surface area contributed by atoms with Crippen molar-refractivity contribution in [1.29, 1.82) is 0 Å². The molecule has 6 heteroatoms. The molecular weight excluding hydrogens is 319 g/mol. The number of halogens is 1. The van der Waals surface area contributed by atoms with Crippen LogP contribution in [-0.4, -0.2) is 38.5 Å². The number of hydrogen-bond donors (Lipinski definition) is 0. The second-order valence-corrected chi connectivity index (χ2v) is 5.90. The lowest BCUT2D eigenvalue weighted by atomic mass is 10.1. The summed E-state index contributed by atoms with van der Waals surface area (Å²) in [6.07, 6.45) is 4.88. The Morgan fingerprint density at radius 2 is 1.88 bits per heavy atom. The number of carbonyl (C=O) groups is 1. The fourth-order valence-electron chi connectivity index (χ4n) is 2.94. The molecule has 3 aromatic rings. The zero-order valence-corrected chi connectivity index (χ0v) is 14.4. The Morgan fingerprint density at radius 3 is 2.56 bits per heavy atom. The van der Waals surface area contributed by atoms with E-state index in [0.29, 0.717) is 35.6 Å². The maximum absolute atomic E-state index is 14.2. The summed E-state index contributed by atoms with van der Waals surface area (Å²) in [5, 5.41) is 4.30. The molecule has 3 rings (SSSR count). The van der Waals surface area contributed by atoms with Crippen LogP contribution in [0.3, 0.4) is 0 Å². The summed E-state index contributed by atoms with van der Waals surface area (Å²) >= 11 is 0. The molecule has 0 aliphatic rings. The maximum Gasteiger partial charge on any atom is 0.259 e. The highest BCUT2D eigenvalue weighted by molar-refractivity contribution is 5.99. The minimum absolute atomic E-state index is 0.0862. The van der Waals surface area contributed by atoms with Crippen molar-refractivity contribution in [3.8, 4) is 11.3 Å². The molecule has 0 radical (unpaired) electrons. The van der Waals surface area contributed by atoms with E-state index in [1.807, 2.05) is 18.7 Å². The highest BCUT2D eigenvalue weighted by Crippen LogP contribution is 2.24. The molecule has 2 aromatic heterocycles. The second-order valence-electron chi connectivity index (χ2n) is 5.90. The van der Waals surface area contributed by atoms with Gasteiger partial charge < -0.3 is 4.90 Å². The van der Waals surface area contributed by atoms with Gasteiger partial charge in [-0.15, -0.1) is 0 Å². The number of carbonyl (C=O) groups excluding carboxylic acids is 1. The van der Waals surface area contributed by atoms with Gasteiger partial charge in [-0.25, -0.2) is 13.9 Å². The summed E-state index contributed by atoms with van der Waals surface area (Å²) in [7, 11) is 0. The van der Waals surface area contributed by atoms with Crippen LogP contribution in [0, 0.1) is 5.82 Å². The van der Waals surface area contributed by atoms with Crippen molar-refractivity contribution in [1.82, 2.24) is 19.5 Å². The molecule has 0 saturated carbocycles. The molecule has 0 N–H and O–H groups in total. The number of amides is 1. The van der Waals surface area contributed by atoms with E-state index in [1.165, 1.54) is 16.8 Å². The zero-order chi connectivity index (χ0) is 17.8. The lowest BCUT2D eigenvalue weighted by Crippen LogP contribution is -2.32. The van der Waals surface area contributed by atoms with Crippen molar-refractivity contribution in [2.45, 2.75) is 26.7 Å². The van der Waals surface area contributed by atoms with Crippen molar-refractivity contribution < 1.29 is 9.18 Å². The minimum atomic E-state index is -0.336. The average Bonchev–Trinajstić information content (AvgIpc) is 3.05. The summed E-state index contributed by atoms with van der Waals surface area (Å²) in [6, 6.07) is 8.20. The Bertz CT molecular complexity index is 884. The van der Waals surface area contributed by atoms with E-state index in [0.717, 1.165) is 12.8 Å². The number of hydrogen-bond acceptors (Lipinski definition) is 3. The predicted octanol–water partition coefficient (Wildman–Crippen LogP) is 3.80. The first-order valence-electron chi connectivity index (χ1n) is 8.54. The molecule has 2 heterocycles. The third-order valence-electron chi connectivity index (χ3n) is 4.06. The van der Waals surface area contributed by atoms with E-state index in [-0.39, 0.29) is 11.7 Å². The highest BCUT2D eigenvalue weighted by atomic mass is 19.1. The second kappa shape index (κ2) is 7.42. The third kappa shape index (κ3) is 3.24. The molecule has 0 aliphatic carbocycles. The van der Waals surface area contributed by atoms with E-state index >= 15 is 0 Å². The molecule has 0 saturated heterocycles. The fourth-order valence-corrected chi connectivity index (χ4v) is 2.94. The van der Waals surface area contributed by atoms with E-state index < -0.39 is 0 Å². The monoisotopic (exact) mass is 340 g/mol. The van der Waals surface area contributed by atoms with Crippen LogP contribution >= 0.6 is 0 Å². The lowest BCUT2D eigenvalue weighted by Gasteiger charge is -2.20. The first kappa shape index (κ1) is 17.1. The molecule has 0 unspecified atom stereocenters. The summed E-state index contributed by atoms with van der Waals surface area (Å²) < 4.78 is 15.7. The molecule has 1 amide bonds. The average molecular weight is 340 g/mol. The van der Waals surface area contributed by atoms with Gasteiger partial charge in [0.25, 0.3) is 5.91 Å². The van der Waals surface area contributed by atoms with Gasteiger partial charge in [0.05, 0.1) is 11.9 Å². The normalized spacial score (nSPS) is 11.0. The number of fused-ring (bicyclic) bond motifs is 1. The Balaban J connectivity index is 2.07. The number of rotatable bonds is 6. The molecule has 130 valence electrons. The predicted molar refractivity (Wildman–Crippen MR) is 94.9 cm³/mol. The van der Waals surface area contributed by atoms with Gasteiger partial charge in [0, 0.05) is 24.8 Å². The third-order valence-corrected chi connectivity index (χ3v) is 4.06. The highest BCUT2D eigenvalue weighted by Gasteiger charge is 2.21. The fraction of sp³-hybridized carbons (Fsp3) is 0.316. The first-order chi connectivity index (χ1) is 12.2. The lowest BCUT2D eigenvalue weighted by molar-refractivity contribution is 0.0757. The largest absolute Gasteiger partial charge is 0.339 e. The van der Waals surface area contributed by atoms with Crippen LogP contribution < -0.4 is 0 Å². The summed E-state index contributed by atoms with van der Waals surface area (Å²) in [6.45, 7) is 5.47. The van der Waals surface area contributed by atoms with Gasteiger partial charge in [-0.3, -0.25) is 4.79 Å². The molecule has 0 aliphatic heterocycles. The summed E-state index contributed by atoms with van der Waals surface area (Å²) in [5.41, 5.74) is 1.89. The molecule has 0 bridgehead atoms. The molecule has 0 fully saturated rings. The van der Waals surface area contributed by atoms with Crippen molar-refractivity contribution >= 4 is 11.6 Å². The van der Waals surface area contributed by atoms with Gasteiger partial charge in [-0.1, -0.05) is 26.0 Å².